The first-order chi connectivity index (χ1) is 10.1. The van der Waals surface area contributed by atoms with Gasteiger partial charge < -0.3 is 14.4 Å². The number of carbonyl (C=O) groups is 1. The molecule has 1 saturated heterocycles. The van der Waals surface area contributed by atoms with Crippen molar-refractivity contribution < 1.29 is 18.7 Å². The number of hydrogen-bond acceptors (Lipinski definition) is 4. The Morgan fingerprint density at radius 2 is 2.10 bits per heavy atom. The highest BCUT2D eigenvalue weighted by molar-refractivity contribution is 14.1. The topological polar surface area (TPSA) is 38.8 Å². The summed E-state index contributed by atoms with van der Waals surface area (Å²) in [4.78, 5) is 13.7. The summed E-state index contributed by atoms with van der Waals surface area (Å²) in [7, 11) is 1.46. The van der Waals surface area contributed by atoms with E-state index in [4.69, 9.17) is 9.47 Å². The number of halogens is 2. The summed E-state index contributed by atoms with van der Waals surface area (Å²) in [5.41, 5.74) is 0.567. The van der Waals surface area contributed by atoms with Gasteiger partial charge in [0.1, 0.15) is 0 Å². The van der Waals surface area contributed by atoms with Crippen molar-refractivity contribution in [3.63, 3.8) is 0 Å². The highest BCUT2D eigenvalue weighted by atomic mass is 127. The second-order valence-electron chi connectivity index (χ2n) is 4.93. The molecule has 21 heavy (non-hydrogen) atoms. The van der Waals surface area contributed by atoms with Gasteiger partial charge in [0.15, 0.2) is 11.6 Å². The number of carbonyl (C=O) groups excluding carboxylic acids is 1. The van der Waals surface area contributed by atoms with Crippen LogP contribution in [-0.2, 0) is 9.53 Å². The van der Waals surface area contributed by atoms with Gasteiger partial charge >= 0.3 is 5.97 Å². The fraction of sp³-hybridized carbons (Fsp3) is 0.533. The summed E-state index contributed by atoms with van der Waals surface area (Å²) in [6.45, 7) is 3.50. The first kappa shape index (κ1) is 16.3. The maximum absolute atomic E-state index is 14.4. The molecule has 0 radical (unpaired) electrons. The number of hydrogen-bond donors (Lipinski definition) is 0. The van der Waals surface area contributed by atoms with Crippen LogP contribution in [0.3, 0.4) is 0 Å². The van der Waals surface area contributed by atoms with E-state index in [1.807, 2.05) is 11.0 Å². The minimum absolute atomic E-state index is 0.0764. The van der Waals surface area contributed by atoms with Crippen molar-refractivity contribution in [3.05, 3.63) is 21.5 Å². The molecule has 1 aliphatic heterocycles. The van der Waals surface area contributed by atoms with Crippen molar-refractivity contribution in [1.82, 2.24) is 0 Å². The van der Waals surface area contributed by atoms with Crippen LogP contribution >= 0.6 is 22.6 Å². The molecular weight excluding hydrogens is 388 g/mol. The van der Waals surface area contributed by atoms with Crippen LogP contribution in [0, 0.1) is 15.3 Å². The van der Waals surface area contributed by atoms with Gasteiger partial charge in [-0.3, -0.25) is 4.79 Å². The molecule has 0 atom stereocenters. The van der Waals surface area contributed by atoms with Crippen molar-refractivity contribution >= 4 is 34.2 Å². The molecule has 0 N–H and O–H groups in total. The molecule has 0 amide bonds. The lowest BCUT2D eigenvalue weighted by Crippen LogP contribution is -2.37. The predicted octanol–water partition coefficient (Wildman–Crippen LogP) is 3.22. The summed E-state index contributed by atoms with van der Waals surface area (Å²) in [6, 6.07) is 3.47. The number of esters is 1. The van der Waals surface area contributed by atoms with Crippen LogP contribution in [0.15, 0.2) is 12.1 Å². The van der Waals surface area contributed by atoms with Crippen LogP contribution in [-0.4, -0.2) is 32.8 Å². The zero-order valence-corrected chi connectivity index (χ0v) is 14.4. The third-order valence-electron chi connectivity index (χ3n) is 3.68. The van der Waals surface area contributed by atoms with Crippen molar-refractivity contribution in [2.24, 2.45) is 5.92 Å². The molecule has 4 nitrogen and oxygen atoms in total. The SMILES string of the molecule is CCOC(=O)C1CCN(c2c(I)ccc(OC)c2F)CC1. The van der Waals surface area contributed by atoms with Crippen LogP contribution in [0.4, 0.5) is 10.1 Å². The monoisotopic (exact) mass is 407 g/mol. The Morgan fingerprint density at radius 1 is 1.43 bits per heavy atom. The van der Waals surface area contributed by atoms with E-state index in [2.05, 4.69) is 22.6 Å². The van der Waals surface area contributed by atoms with Crippen molar-refractivity contribution in [3.8, 4) is 5.75 Å². The molecule has 0 aliphatic carbocycles. The van der Waals surface area contributed by atoms with Gasteiger partial charge in [-0.15, -0.1) is 0 Å². The van der Waals surface area contributed by atoms with Gasteiger partial charge in [-0.2, -0.15) is 0 Å². The van der Waals surface area contributed by atoms with Crippen molar-refractivity contribution in [2.45, 2.75) is 19.8 Å². The predicted molar refractivity (Wildman–Crippen MR) is 87.2 cm³/mol. The minimum atomic E-state index is -0.334. The number of anilines is 1. The molecule has 1 aromatic rings. The van der Waals surface area contributed by atoms with Gasteiger partial charge in [0.05, 0.1) is 25.3 Å². The Hall–Kier alpha value is -1.05. The van der Waals surface area contributed by atoms with Crippen LogP contribution in [0.2, 0.25) is 0 Å². The fourth-order valence-electron chi connectivity index (χ4n) is 2.57. The highest BCUT2D eigenvalue weighted by Crippen LogP contribution is 2.34. The number of methoxy groups -OCH3 is 1. The smallest absolute Gasteiger partial charge is 0.309 e. The molecule has 0 spiro atoms. The lowest BCUT2D eigenvalue weighted by molar-refractivity contribution is -0.148. The van der Waals surface area contributed by atoms with Crippen molar-refractivity contribution in [2.75, 3.05) is 31.7 Å². The molecule has 6 heteroatoms. The first-order valence-electron chi connectivity index (χ1n) is 7.02. The summed E-state index contributed by atoms with van der Waals surface area (Å²) in [5.74, 6) is -0.303. The van der Waals surface area contributed by atoms with E-state index < -0.39 is 0 Å². The van der Waals surface area contributed by atoms with E-state index in [9.17, 15) is 9.18 Å². The summed E-state index contributed by atoms with van der Waals surface area (Å²) in [6.07, 6.45) is 1.37. The van der Waals surface area contributed by atoms with Gasteiger partial charge in [-0.05, 0) is 54.5 Å². The third-order valence-corrected chi connectivity index (χ3v) is 4.55. The van der Waals surface area contributed by atoms with Crippen LogP contribution in [0.25, 0.3) is 0 Å². The Morgan fingerprint density at radius 3 is 2.67 bits per heavy atom. The van der Waals surface area contributed by atoms with Gasteiger partial charge in [0.25, 0.3) is 0 Å². The zero-order chi connectivity index (χ0) is 15.4. The van der Waals surface area contributed by atoms with E-state index in [0.29, 0.717) is 38.2 Å². The number of nitrogens with zero attached hydrogens (tertiary/aromatic N) is 1. The van der Waals surface area contributed by atoms with E-state index in [0.717, 1.165) is 3.57 Å². The lowest BCUT2D eigenvalue weighted by Gasteiger charge is -2.33. The van der Waals surface area contributed by atoms with E-state index in [-0.39, 0.29) is 23.5 Å². The van der Waals surface area contributed by atoms with Crippen LogP contribution in [0.1, 0.15) is 19.8 Å². The maximum atomic E-state index is 14.4. The Bertz CT molecular complexity index is 516. The van der Waals surface area contributed by atoms with Gasteiger partial charge in [0.2, 0.25) is 0 Å². The Kier molecular flexibility index (Phi) is 5.66. The molecular formula is C15H19FINO3. The lowest BCUT2D eigenvalue weighted by atomic mass is 9.96. The van der Waals surface area contributed by atoms with Gasteiger partial charge in [0, 0.05) is 16.7 Å². The average molecular weight is 407 g/mol. The first-order valence-corrected chi connectivity index (χ1v) is 8.10. The molecule has 0 unspecified atom stereocenters. The fourth-order valence-corrected chi connectivity index (χ4v) is 3.33. The van der Waals surface area contributed by atoms with E-state index in [1.54, 1.807) is 13.0 Å². The molecule has 0 aromatic heterocycles. The third kappa shape index (κ3) is 3.59. The summed E-state index contributed by atoms with van der Waals surface area (Å²) in [5, 5.41) is 0. The molecule has 1 heterocycles. The Balaban J connectivity index is 2.11. The maximum Gasteiger partial charge on any atom is 0.309 e. The highest BCUT2D eigenvalue weighted by Gasteiger charge is 2.28. The second-order valence-corrected chi connectivity index (χ2v) is 6.09. The number of piperidine rings is 1. The summed E-state index contributed by atoms with van der Waals surface area (Å²) >= 11 is 2.12. The molecule has 116 valence electrons. The standard InChI is InChI=1S/C15H19FINO3/c1-3-21-15(19)10-6-8-18(9-7-10)14-11(17)4-5-12(20-2)13(14)16/h4-5,10H,3,6-9H2,1-2H3. The second kappa shape index (κ2) is 7.29. The molecule has 0 bridgehead atoms. The van der Waals surface area contributed by atoms with Crippen LogP contribution < -0.4 is 9.64 Å². The number of rotatable bonds is 4. The normalized spacial score (nSPS) is 15.9. The van der Waals surface area contributed by atoms with Gasteiger partial charge in [-0.1, -0.05) is 0 Å². The zero-order valence-electron chi connectivity index (χ0n) is 12.2. The molecule has 1 aromatic carbocycles. The molecule has 1 fully saturated rings. The largest absolute Gasteiger partial charge is 0.494 e. The summed E-state index contributed by atoms with van der Waals surface area (Å²) < 4.78 is 25.4. The van der Waals surface area contributed by atoms with Gasteiger partial charge in [-0.25, -0.2) is 4.39 Å². The molecule has 1 aliphatic rings. The number of ether oxygens (including phenoxy) is 2. The van der Waals surface area contributed by atoms with E-state index in [1.165, 1.54) is 7.11 Å². The van der Waals surface area contributed by atoms with Crippen molar-refractivity contribution in [1.29, 1.82) is 0 Å². The Labute approximate surface area is 137 Å². The van der Waals surface area contributed by atoms with Crippen LogP contribution in [0.5, 0.6) is 5.75 Å². The van der Waals surface area contributed by atoms with E-state index >= 15 is 0 Å². The molecule has 0 saturated carbocycles. The molecule has 2 rings (SSSR count). The number of benzene rings is 1. The average Bonchev–Trinajstić information content (AvgIpc) is 2.48. The quantitative estimate of drug-likeness (QED) is 0.568. The minimum Gasteiger partial charge on any atom is -0.494 e.